The standard InChI is InChI=1S/C26H33NO5/c1-16(2)17-6-11-21-20(14-17)22(28)15-23-25(21,3)12-5-13-26(23,4)24(29)32-19-9-7-18(8-10-19)27(30)31/h6-11,14,16,22-23,27-28,30H,5,12-13,15H2,1-4H3/t22-,23-,25-,26-/m1/s1. The molecule has 0 aliphatic heterocycles. The van der Waals surface area contributed by atoms with E-state index in [4.69, 9.17) is 9.94 Å². The van der Waals surface area contributed by atoms with Gasteiger partial charge in [0.15, 0.2) is 5.69 Å². The van der Waals surface area contributed by atoms with E-state index < -0.39 is 16.7 Å². The van der Waals surface area contributed by atoms with E-state index in [1.807, 2.05) is 6.92 Å². The zero-order valence-electron chi connectivity index (χ0n) is 19.2. The van der Waals surface area contributed by atoms with Crippen LogP contribution in [0.4, 0.5) is 5.69 Å². The van der Waals surface area contributed by atoms with Crippen molar-refractivity contribution in [2.75, 3.05) is 0 Å². The van der Waals surface area contributed by atoms with Gasteiger partial charge in [0.2, 0.25) is 0 Å². The zero-order valence-corrected chi connectivity index (χ0v) is 19.2. The van der Waals surface area contributed by atoms with Crippen molar-refractivity contribution in [2.45, 2.75) is 70.8 Å². The number of rotatable bonds is 4. The number of aliphatic hydroxyl groups excluding tert-OH is 1. The van der Waals surface area contributed by atoms with Gasteiger partial charge >= 0.3 is 5.97 Å². The zero-order chi connectivity index (χ0) is 23.3. The Labute approximate surface area is 189 Å². The van der Waals surface area contributed by atoms with Crippen LogP contribution in [0.1, 0.15) is 82.1 Å². The Kier molecular flexibility index (Phi) is 5.92. The lowest BCUT2D eigenvalue weighted by Gasteiger charge is -2.55. The Balaban J connectivity index is 1.65. The third-order valence-corrected chi connectivity index (χ3v) is 7.88. The molecule has 32 heavy (non-hydrogen) atoms. The van der Waals surface area contributed by atoms with Crippen LogP contribution in [0, 0.1) is 16.5 Å². The molecule has 0 radical (unpaired) electrons. The molecular weight excluding hydrogens is 406 g/mol. The van der Waals surface area contributed by atoms with Gasteiger partial charge in [-0.25, -0.2) is 5.21 Å². The fourth-order valence-electron chi connectivity index (χ4n) is 5.94. The molecule has 0 amide bonds. The third-order valence-electron chi connectivity index (χ3n) is 7.88. The van der Waals surface area contributed by atoms with E-state index in [0.29, 0.717) is 24.5 Å². The van der Waals surface area contributed by atoms with Gasteiger partial charge in [-0.15, -0.1) is 0 Å². The minimum atomic E-state index is -1.02. The predicted molar refractivity (Wildman–Crippen MR) is 121 cm³/mol. The van der Waals surface area contributed by atoms with E-state index in [-0.39, 0.29) is 23.0 Å². The minimum absolute atomic E-state index is 0.0538. The lowest BCUT2D eigenvalue weighted by molar-refractivity contribution is -0.991. The summed E-state index contributed by atoms with van der Waals surface area (Å²) in [6, 6.07) is 12.4. The molecule has 0 heterocycles. The molecule has 1 fully saturated rings. The third kappa shape index (κ3) is 3.75. The summed E-state index contributed by atoms with van der Waals surface area (Å²) in [7, 11) is 0. The number of hydrogen-bond acceptors (Lipinski definition) is 5. The van der Waals surface area contributed by atoms with Crippen LogP contribution in [0.25, 0.3) is 0 Å². The molecule has 2 aliphatic carbocycles. The second kappa shape index (κ2) is 8.27. The van der Waals surface area contributed by atoms with Gasteiger partial charge in [0, 0.05) is 12.1 Å². The van der Waals surface area contributed by atoms with Gasteiger partial charge in [-0.1, -0.05) is 45.4 Å². The lowest BCUT2D eigenvalue weighted by atomic mass is 9.49. The maximum absolute atomic E-state index is 13.4. The number of hydrogen-bond donors (Lipinski definition) is 3. The summed E-state index contributed by atoms with van der Waals surface area (Å²) in [5.74, 6) is 0.358. The topological polar surface area (TPSA) is 94.3 Å². The van der Waals surface area contributed by atoms with Crippen molar-refractivity contribution in [1.29, 1.82) is 0 Å². The van der Waals surface area contributed by atoms with E-state index in [9.17, 15) is 15.1 Å². The summed E-state index contributed by atoms with van der Waals surface area (Å²) in [4.78, 5) is 13.4. The fraction of sp³-hybridized carbons (Fsp3) is 0.500. The van der Waals surface area contributed by atoms with Gasteiger partial charge in [0.1, 0.15) is 5.75 Å². The summed E-state index contributed by atoms with van der Waals surface area (Å²) < 4.78 is 5.75. The van der Waals surface area contributed by atoms with Crippen molar-refractivity contribution < 1.29 is 25.1 Å². The van der Waals surface area contributed by atoms with Crippen molar-refractivity contribution in [1.82, 2.24) is 0 Å². The Morgan fingerprint density at radius 1 is 1.16 bits per heavy atom. The van der Waals surface area contributed by atoms with Crippen LogP contribution in [0.3, 0.4) is 0 Å². The molecule has 1 unspecified atom stereocenters. The van der Waals surface area contributed by atoms with E-state index in [1.165, 1.54) is 29.8 Å². The Hall–Kier alpha value is -2.25. The highest BCUT2D eigenvalue weighted by Gasteiger charge is 2.57. The fourth-order valence-corrected chi connectivity index (χ4v) is 5.94. The average molecular weight is 440 g/mol. The predicted octanol–water partition coefficient (Wildman–Crippen LogP) is 4.32. The maximum atomic E-state index is 13.4. The summed E-state index contributed by atoms with van der Waals surface area (Å²) in [6.07, 6.45) is 2.48. The van der Waals surface area contributed by atoms with E-state index in [2.05, 4.69) is 39.0 Å². The van der Waals surface area contributed by atoms with E-state index >= 15 is 0 Å². The van der Waals surface area contributed by atoms with E-state index in [0.717, 1.165) is 24.0 Å². The van der Waals surface area contributed by atoms with Crippen LogP contribution in [0.5, 0.6) is 5.75 Å². The number of ether oxygens (including phenoxy) is 1. The van der Waals surface area contributed by atoms with Gasteiger partial charge in [-0.3, -0.25) is 4.79 Å². The van der Waals surface area contributed by atoms with Gasteiger partial charge in [0.25, 0.3) is 0 Å². The van der Waals surface area contributed by atoms with Crippen LogP contribution in [0.2, 0.25) is 0 Å². The highest BCUT2D eigenvalue weighted by molar-refractivity contribution is 5.80. The summed E-state index contributed by atoms with van der Waals surface area (Å²) in [6.45, 7) is 8.49. The summed E-state index contributed by atoms with van der Waals surface area (Å²) >= 11 is 0. The first kappa shape index (κ1) is 22.9. The molecule has 172 valence electrons. The van der Waals surface area contributed by atoms with Crippen molar-refractivity contribution >= 4 is 11.7 Å². The Morgan fingerprint density at radius 2 is 1.84 bits per heavy atom. The number of nitrogens with one attached hydrogen (secondary N) is 1. The second-order valence-electron chi connectivity index (χ2n) is 10.2. The highest BCUT2D eigenvalue weighted by atomic mass is 16.8. The molecule has 4 rings (SSSR count). The van der Waals surface area contributed by atoms with Crippen LogP contribution in [0.15, 0.2) is 42.5 Å². The molecular formula is C26H33NO5. The molecule has 2 aliphatic rings. The van der Waals surface area contributed by atoms with Crippen LogP contribution < -0.4 is 9.96 Å². The SMILES string of the molecule is CC(C)c1ccc2c(c1)[C@H](O)C[C@H]1[C@](C)(C(=O)Oc3ccc([NH+]([O-])O)cc3)CCC[C@]21C. The van der Waals surface area contributed by atoms with Gasteiger partial charge < -0.3 is 15.1 Å². The molecule has 0 bridgehead atoms. The molecule has 5 atom stereocenters. The number of fused-ring (bicyclic) bond motifs is 3. The number of carbonyl (C=O) groups excluding carboxylic acids is 1. The van der Waals surface area contributed by atoms with Crippen LogP contribution in [-0.4, -0.2) is 16.3 Å². The summed E-state index contributed by atoms with van der Waals surface area (Å²) in [5, 5.41) is 30.2. The molecule has 1 saturated carbocycles. The first-order valence-electron chi connectivity index (χ1n) is 11.4. The van der Waals surface area contributed by atoms with Gasteiger partial charge in [0.05, 0.1) is 11.5 Å². The molecule has 3 N–H and O–H groups in total. The van der Waals surface area contributed by atoms with Crippen molar-refractivity contribution in [3.63, 3.8) is 0 Å². The lowest BCUT2D eigenvalue weighted by Crippen LogP contribution is -2.99. The van der Waals surface area contributed by atoms with Crippen molar-refractivity contribution in [3.05, 3.63) is 64.4 Å². The van der Waals surface area contributed by atoms with Crippen LogP contribution >= 0.6 is 0 Å². The maximum Gasteiger partial charge on any atom is 0.317 e. The molecule has 0 spiro atoms. The number of quaternary nitrogens is 1. The Morgan fingerprint density at radius 3 is 2.47 bits per heavy atom. The number of benzene rings is 2. The van der Waals surface area contributed by atoms with Crippen molar-refractivity contribution in [3.8, 4) is 5.75 Å². The monoisotopic (exact) mass is 439 g/mol. The number of aliphatic hydroxyl groups is 1. The molecule has 6 heteroatoms. The Bertz CT molecular complexity index is 1000. The summed E-state index contributed by atoms with van der Waals surface area (Å²) in [5.41, 5.74) is 2.55. The minimum Gasteiger partial charge on any atom is -0.595 e. The molecule has 2 aromatic carbocycles. The van der Waals surface area contributed by atoms with Gasteiger partial charge in [-0.05, 0) is 72.3 Å². The van der Waals surface area contributed by atoms with Gasteiger partial charge in [-0.2, -0.15) is 5.23 Å². The molecule has 2 aromatic rings. The van der Waals surface area contributed by atoms with Crippen molar-refractivity contribution in [2.24, 2.45) is 11.3 Å². The van der Waals surface area contributed by atoms with E-state index in [1.54, 1.807) is 0 Å². The second-order valence-corrected chi connectivity index (χ2v) is 10.2. The number of esters is 1. The normalized spacial score (nSPS) is 30.4. The average Bonchev–Trinajstić information content (AvgIpc) is 2.75. The first-order chi connectivity index (χ1) is 15.1. The smallest absolute Gasteiger partial charge is 0.317 e. The molecule has 0 saturated heterocycles. The quantitative estimate of drug-likeness (QED) is 0.375. The molecule has 0 aromatic heterocycles. The largest absolute Gasteiger partial charge is 0.595 e. The van der Waals surface area contributed by atoms with Crippen LogP contribution in [-0.2, 0) is 10.2 Å². The first-order valence-corrected chi connectivity index (χ1v) is 11.4. The molecule has 6 nitrogen and oxygen atoms in total. The highest BCUT2D eigenvalue weighted by Crippen LogP contribution is 2.59. The number of carbonyl (C=O) groups is 1.